The van der Waals surface area contributed by atoms with Gasteiger partial charge in [0.15, 0.2) is 0 Å². The summed E-state index contributed by atoms with van der Waals surface area (Å²) in [5.41, 5.74) is 0. The molecule has 0 aliphatic carbocycles. The zero-order valence-electron chi connectivity index (χ0n) is 13.8. The molecule has 1 atom stereocenters. The van der Waals surface area contributed by atoms with Crippen molar-refractivity contribution in [1.29, 1.82) is 0 Å². The van der Waals surface area contributed by atoms with E-state index in [1.165, 1.54) is 51.4 Å². The molecule has 0 amide bonds. The monoisotopic (exact) mass is 284 g/mol. The van der Waals surface area contributed by atoms with Gasteiger partial charge in [0.05, 0.1) is 18.5 Å². The molecule has 0 saturated heterocycles. The first-order valence-electron chi connectivity index (χ1n) is 8.65. The van der Waals surface area contributed by atoms with E-state index >= 15 is 0 Å². The molecule has 2 nitrogen and oxygen atoms in total. The van der Waals surface area contributed by atoms with Crippen molar-refractivity contribution in [2.45, 2.75) is 97.0 Å². The van der Waals surface area contributed by atoms with E-state index in [1.54, 1.807) is 0 Å². The summed E-state index contributed by atoms with van der Waals surface area (Å²) in [6.45, 7) is 8.82. The molecule has 0 radical (unpaired) electrons. The second-order valence-corrected chi connectivity index (χ2v) is 5.96. The largest absolute Gasteiger partial charge is 0.499 e. The van der Waals surface area contributed by atoms with Crippen molar-refractivity contribution in [3.8, 4) is 0 Å². The highest BCUT2D eigenvalue weighted by Crippen LogP contribution is 2.12. The minimum absolute atomic E-state index is 0.208. The van der Waals surface area contributed by atoms with Crippen LogP contribution in [0.25, 0.3) is 0 Å². The predicted molar refractivity (Wildman–Crippen MR) is 87.9 cm³/mol. The van der Waals surface area contributed by atoms with Crippen LogP contribution in [0.3, 0.4) is 0 Å². The molecular weight excluding hydrogens is 248 g/mol. The van der Waals surface area contributed by atoms with E-state index < -0.39 is 0 Å². The standard InChI is InChI=1S/C18H36O2/c1-4-5-6-7-8-9-10-11-12-16-20-18(3)15-13-14-17(2)19/h17,19H,3-16H2,1-2H3. The van der Waals surface area contributed by atoms with E-state index in [1.807, 2.05) is 6.92 Å². The minimum Gasteiger partial charge on any atom is -0.499 e. The molecule has 0 rings (SSSR count). The lowest BCUT2D eigenvalue weighted by Crippen LogP contribution is -2.00. The number of hydrogen-bond donors (Lipinski definition) is 1. The summed E-state index contributed by atoms with van der Waals surface area (Å²) >= 11 is 0. The van der Waals surface area contributed by atoms with E-state index in [2.05, 4.69) is 13.5 Å². The summed E-state index contributed by atoms with van der Waals surface area (Å²) in [4.78, 5) is 0. The van der Waals surface area contributed by atoms with Crippen molar-refractivity contribution in [2.24, 2.45) is 0 Å². The highest BCUT2D eigenvalue weighted by molar-refractivity contribution is 4.81. The molecule has 0 spiro atoms. The molecule has 0 aromatic rings. The molecule has 0 aromatic heterocycles. The molecule has 2 heteroatoms. The number of hydrogen-bond acceptors (Lipinski definition) is 2. The van der Waals surface area contributed by atoms with Crippen LogP contribution in [0, 0.1) is 0 Å². The summed E-state index contributed by atoms with van der Waals surface area (Å²) in [7, 11) is 0. The van der Waals surface area contributed by atoms with E-state index in [9.17, 15) is 0 Å². The SMILES string of the molecule is C=C(CCCC(C)O)OCCCCCCCCCCC. The molecule has 1 unspecified atom stereocenters. The summed E-state index contributed by atoms with van der Waals surface area (Å²) in [5.74, 6) is 0.880. The lowest BCUT2D eigenvalue weighted by Gasteiger charge is -2.09. The van der Waals surface area contributed by atoms with Crippen LogP contribution in [-0.4, -0.2) is 17.8 Å². The highest BCUT2D eigenvalue weighted by Gasteiger charge is 1.99. The van der Waals surface area contributed by atoms with Crippen molar-refractivity contribution in [1.82, 2.24) is 0 Å². The first-order valence-corrected chi connectivity index (χ1v) is 8.65. The van der Waals surface area contributed by atoms with Gasteiger partial charge < -0.3 is 9.84 Å². The van der Waals surface area contributed by atoms with Crippen LogP contribution in [0.5, 0.6) is 0 Å². The zero-order valence-corrected chi connectivity index (χ0v) is 13.8. The second-order valence-electron chi connectivity index (χ2n) is 5.96. The highest BCUT2D eigenvalue weighted by atomic mass is 16.5. The Kier molecular flexibility index (Phi) is 14.5. The van der Waals surface area contributed by atoms with Gasteiger partial charge in [-0.05, 0) is 26.2 Å². The topological polar surface area (TPSA) is 29.5 Å². The second kappa shape index (κ2) is 14.9. The quantitative estimate of drug-likeness (QED) is 0.313. The molecule has 0 saturated carbocycles. The summed E-state index contributed by atoms with van der Waals surface area (Å²) < 4.78 is 5.61. The molecule has 0 aliphatic rings. The van der Waals surface area contributed by atoms with Gasteiger partial charge in [-0.15, -0.1) is 0 Å². The van der Waals surface area contributed by atoms with Crippen LogP contribution in [0.2, 0.25) is 0 Å². The van der Waals surface area contributed by atoms with E-state index in [0.717, 1.165) is 38.0 Å². The lowest BCUT2D eigenvalue weighted by molar-refractivity contribution is 0.169. The summed E-state index contributed by atoms with van der Waals surface area (Å²) in [6, 6.07) is 0. The Hall–Kier alpha value is -0.500. The van der Waals surface area contributed by atoms with Gasteiger partial charge in [-0.25, -0.2) is 0 Å². The first-order chi connectivity index (χ1) is 9.66. The fourth-order valence-corrected chi connectivity index (χ4v) is 2.30. The average Bonchev–Trinajstić information content (AvgIpc) is 2.40. The summed E-state index contributed by atoms with van der Waals surface area (Å²) in [6.07, 6.45) is 14.5. The fraction of sp³-hybridized carbons (Fsp3) is 0.889. The Morgan fingerprint density at radius 2 is 1.50 bits per heavy atom. The first kappa shape index (κ1) is 19.5. The Morgan fingerprint density at radius 3 is 2.05 bits per heavy atom. The fourth-order valence-electron chi connectivity index (χ4n) is 2.30. The Labute approximate surface area is 126 Å². The van der Waals surface area contributed by atoms with Crippen LogP contribution < -0.4 is 0 Å². The van der Waals surface area contributed by atoms with E-state index in [-0.39, 0.29) is 6.10 Å². The Bertz CT molecular complexity index is 211. The number of aliphatic hydroxyl groups is 1. The van der Waals surface area contributed by atoms with Gasteiger partial charge >= 0.3 is 0 Å². The van der Waals surface area contributed by atoms with E-state index in [0.29, 0.717) is 0 Å². The third-order valence-corrected chi connectivity index (χ3v) is 3.63. The number of ether oxygens (including phenoxy) is 1. The van der Waals surface area contributed by atoms with Gasteiger partial charge in [-0.2, -0.15) is 0 Å². The smallest absolute Gasteiger partial charge is 0.0888 e. The predicted octanol–water partition coefficient (Wildman–Crippen LogP) is 5.60. The molecule has 0 bridgehead atoms. The summed E-state index contributed by atoms with van der Waals surface area (Å²) in [5, 5.41) is 9.16. The van der Waals surface area contributed by atoms with E-state index in [4.69, 9.17) is 9.84 Å². The lowest BCUT2D eigenvalue weighted by atomic mass is 10.1. The normalized spacial score (nSPS) is 12.3. The minimum atomic E-state index is -0.208. The van der Waals surface area contributed by atoms with Crippen LogP contribution >= 0.6 is 0 Å². The van der Waals surface area contributed by atoms with Gasteiger partial charge in [-0.1, -0.05) is 64.9 Å². The number of rotatable bonds is 15. The van der Waals surface area contributed by atoms with Crippen LogP contribution in [-0.2, 0) is 4.74 Å². The maximum Gasteiger partial charge on any atom is 0.0888 e. The third kappa shape index (κ3) is 15.6. The molecule has 0 aromatic carbocycles. The van der Waals surface area contributed by atoms with Crippen LogP contribution in [0.4, 0.5) is 0 Å². The van der Waals surface area contributed by atoms with Gasteiger partial charge in [-0.3, -0.25) is 0 Å². The molecule has 0 aliphatic heterocycles. The van der Waals surface area contributed by atoms with Gasteiger partial charge in [0, 0.05) is 6.42 Å². The van der Waals surface area contributed by atoms with Crippen molar-refractivity contribution < 1.29 is 9.84 Å². The third-order valence-electron chi connectivity index (χ3n) is 3.63. The van der Waals surface area contributed by atoms with Crippen LogP contribution in [0.1, 0.15) is 90.9 Å². The molecule has 0 fully saturated rings. The van der Waals surface area contributed by atoms with Crippen molar-refractivity contribution in [3.63, 3.8) is 0 Å². The zero-order chi connectivity index (χ0) is 15.1. The number of unbranched alkanes of at least 4 members (excludes halogenated alkanes) is 8. The molecule has 0 heterocycles. The maximum atomic E-state index is 9.16. The van der Waals surface area contributed by atoms with Gasteiger partial charge in [0.2, 0.25) is 0 Å². The van der Waals surface area contributed by atoms with Gasteiger partial charge in [0.25, 0.3) is 0 Å². The van der Waals surface area contributed by atoms with Crippen molar-refractivity contribution in [2.75, 3.05) is 6.61 Å². The molecule has 1 N–H and O–H groups in total. The van der Waals surface area contributed by atoms with Crippen molar-refractivity contribution in [3.05, 3.63) is 12.3 Å². The van der Waals surface area contributed by atoms with Crippen LogP contribution in [0.15, 0.2) is 12.3 Å². The number of allylic oxidation sites excluding steroid dienone is 1. The van der Waals surface area contributed by atoms with Crippen molar-refractivity contribution >= 4 is 0 Å². The average molecular weight is 284 g/mol. The molecular formula is C18H36O2. The van der Waals surface area contributed by atoms with Gasteiger partial charge in [0.1, 0.15) is 0 Å². The Morgan fingerprint density at radius 1 is 0.950 bits per heavy atom. The number of aliphatic hydroxyl groups excluding tert-OH is 1. The molecule has 120 valence electrons. The molecule has 20 heavy (non-hydrogen) atoms. The maximum absolute atomic E-state index is 9.16. The Balaban J connectivity index is 3.13.